The second-order valence-electron chi connectivity index (χ2n) is 5.38. The summed E-state index contributed by atoms with van der Waals surface area (Å²) in [6.07, 6.45) is 19.0. The van der Waals surface area contributed by atoms with Gasteiger partial charge in [-0.3, -0.25) is 0 Å². The van der Waals surface area contributed by atoms with E-state index in [-0.39, 0.29) is 5.92 Å². The number of carbonyl (C=O) groups is 1. The third kappa shape index (κ3) is 1.76. The van der Waals surface area contributed by atoms with Crippen LogP contribution in [0.5, 0.6) is 0 Å². The van der Waals surface area contributed by atoms with E-state index >= 15 is 0 Å². The maximum absolute atomic E-state index is 11.5. The number of hydrogen-bond donors (Lipinski definition) is 0. The summed E-state index contributed by atoms with van der Waals surface area (Å²) in [7, 11) is 0. The zero-order chi connectivity index (χ0) is 14.4. The average molecular weight is 274 g/mol. The van der Waals surface area contributed by atoms with Gasteiger partial charge in [-0.15, -0.1) is 0 Å². The summed E-state index contributed by atoms with van der Waals surface area (Å²) >= 11 is 0. The van der Waals surface area contributed by atoms with Gasteiger partial charge in [0.05, 0.1) is 0 Å². The molecule has 102 valence electrons. The van der Waals surface area contributed by atoms with Gasteiger partial charge in [-0.2, -0.15) is 0 Å². The first kappa shape index (κ1) is 12.2. The Morgan fingerprint density at radius 2 is 2.10 bits per heavy atom. The summed E-state index contributed by atoms with van der Waals surface area (Å²) in [5.74, 6) is 0.395. The number of rotatable bonds is 2. The molecule has 4 aliphatic carbocycles. The standard InChI is InChI=1S/C19H14O2/c1-2-17(20)21-16-11-9-14-7-6-12-4-3-5-13-8-10-15(16)19(14)18(12)13/h2-3,5-11,19H,1,4H2. The minimum absolute atomic E-state index is 0.188. The summed E-state index contributed by atoms with van der Waals surface area (Å²) in [6, 6.07) is 0. The lowest BCUT2D eigenvalue weighted by Gasteiger charge is -2.36. The van der Waals surface area contributed by atoms with Gasteiger partial charge in [0.25, 0.3) is 0 Å². The van der Waals surface area contributed by atoms with Crippen molar-refractivity contribution in [1.29, 1.82) is 0 Å². The van der Waals surface area contributed by atoms with Crippen LogP contribution in [0.3, 0.4) is 0 Å². The Morgan fingerprint density at radius 1 is 1.19 bits per heavy atom. The highest BCUT2D eigenvalue weighted by Crippen LogP contribution is 2.48. The van der Waals surface area contributed by atoms with Crippen LogP contribution in [0.25, 0.3) is 0 Å². The number of esters is 1. The van der Waals surface area contributed by atoms with E-state index in [2.05, 4.69) is 43.0 Å². The Labute approximate surface area is 123 Å². The number of carbonyl (C=O) groups excluding carboxylic acids is 1. The van der Waals surface area contributed by atoms with Crippen molar-refractivity contribution in [3.8, 4) is 0 Å². The molecule has 2 heteroatoms. The zero-order valence-electron chi connectivity index (χ0n) is 11.5. The molecule has 1 unspecified atom stereocenters. The van der Waals surface area contributed by atoms with Gasteiger partial charge in [0.1, 0.15) is 5.76 Å². The lowest BCUT2D eigenvalue weighted by Crippen LogP contribution is -2.23. The lowest BCUT2D eigenvalue weighted by molar-refractivity contribution is -0.133. The minimum Gasteiger partial charge on any atom is -0.423 e. The molecule has 0 spiro atoms. The van der Waals surface area contributed by atoms with Crippen LogP contribution >= 0.6 is 0 Å². The van der Waals surface area contributed by atoms with Crippen LogP contribution in [0.1, 0.15) is 6.42 Å². The van der Waals surface area contributed by atoms with E-state index in [9.17, 15) is 4.79 Å². The van der Waals surface area contributed by atoms with Crippen molar-refractivity contribution in [2.75, 3.05) is 0 Å². The summed E-state index contributed by atoms with van der Waals surface area (Å²) in [4.78, 5) is 11.5. The van der Waals surface area contributed by atoms with E-state index in [4.69, 9.17) is 4.74 Å². The van der Waals surface area contributed by atoms with Crippen LogP contribution in [-0.2, 0) is 9.53 Å². The number of hydrogen-bond acceptors (Lipinski definition) is 2. The average Bonchev–Trinajstić information content (AvgIpc) is 2.53. The van der Waals surface area contributed by atoms with Gasteiger partial charge in [-0.25, -0.2) is 4.79 Å². The molecule has 0 aromatic heterocycles. The molecule has 0 saturated heterocycles. The molecule has 0 N–H and O–H groups in total. The van der Waals surface area contributed by atoms with Crippen LogP contribution in [0, 0.1) is 5.92 Å². The highest BCUT2D eigenvalue weighted by atomic mass is 16.5. The molecule has 0 amide bonds. The SMILES string of the molecule is C=CC(=O)OC1=CC=C2C=CC3=C4C(=CC=C1C24)C=CC3. The Morgan fingerprint density at radius 3 is 2.95 bits per heavy atom. The fraction of sp³-hybridized carbons (Fsp3) is 0.105. The number of allylic oxidation sites excluding steroid dienone is 13. The third-order valence-electron chi connectivity index (χ3n) is 4.23. The van der Waals surface area contributed by atoms with Crippen molar-refractivity contribution in [1.82, 2.24) is 0 Å². The summed E-state index contributed by atoms with van der Waals surface area (Å²) in [5, 5.41) is 0. The van der Waals surface area contributed by atoms with Gasteiger partial charge in [0, 0.05) is 17.6 Å². The Hall–Kier alpha value is -2.61. The van der Waals surface area contributed by atoms with E-state index in [1.165, 1.54) is 28.4 Å². The zero-order valence-corrected chi connectivity index (χ0v) is 11.5. The van der Waals surface area contributed by atoms with Crippen molar-refractivity contribution in [2.24, 2.45) is 5.92 Å². The first-order valence-corrected chi connectivity index (χ1v) is 7.04. The second-order valence-corrected chi connectivity index (χ2v) is 5.38. The van der Waals surface area contributed by atoms with Crippen LogP contribution < -0.4 is 0 Å². The molecule has 0 saturated carbocycles. The molecule has 21 heavy (non-hydrogen) atoms. The normalized spacial score (nSPS) is 24.5. The first-order chi connectivity index (χ1) is 10.3. The third-order valence-corrected chi connectivity index (χ3v) is 4.23. The van der Waals surface area contributed by atoms with E-state index in [0.717, 1.165) is 12.0 Å². The highest BCUT2D eigenvalue weighted by molar-refractivity contribution is 5.83. The second kappa shape index (κ2) is 4.45. The van der Waals surface area contributed by atoms with Gasteiger partial charge in [-0.05, 0) is 34.8 Å². The van der Waals surface area contributed by atoms with Gasteiger partial charge < -0.3 is 4.74 Å². The van der Waals surface area contributed by atoms with Crippen LogP contribution in [-0.4, -0.2) is 5.97 Å². The molecular formula is C19H14O2. The van der Waals surface area contributed by atoms with E-state index in [1.54, 1.807) is 0 Å². The van der Waals surface area contributed by atoms with Gasteiger partial charge in [0.15, 0.2) is 0 Å². The van der Waals surface area contributed by atoms with Gasteiger partial charge >= 0.3 is 5.97 Å². The number of ether oxygens (including phenoxy) is 1. The van der Waals surface area contributed by atoms with Crippen molar-refractivity contribution in [3.05, 3.63) is 94.9 Å². The molecule has 0 heterocycles. The summed E-state index contributed by atoms with van der Waals surface area (Å²) in [6.45, 7) is 3.46. The molecule has 0 aromatic carbocycles. The van der Waals surface area contributed by atoms with Crippen molar-refractivity contribution in [2.45, 2.75) is 6.42 Å². The lowest BCUT2D eigenvalue weighted by atomic mass is 9.69. The molecule has 2 nitrogen and oxygen atoms in total. The Balaban J connectivity index is 1.85. The quantitative estimate of drug-likeness (QED) is 0.565. The van der Waals surface area contributed by atoms with E-state index in [0.29, 0.717) is 5.76 Å². The van der Waals surface area contributed by atoms with Gasteiger partial charge in [-0.1, -0.05) is 49.1 Å². The Kier molecular flexibility index (Phi) is 2.58. The topological polar surface area (TPSA) is 26.3 Å². The maximum atomic E-state index is 11.5. The summed E-state index contributed by atoms with van der Waals surface area (Å²) in [5.41, 5.74) is 6.27. The van der Waals surface area contributed by atoms with E-state index < -0.39 is 5.97 Å². The largest absolute Gasteiger partial charge is 0.423 e. The molecule has 0 aliphatic heterocycles. The van der Waals surface area contributed by atoms with Crippen LogP contribution in [0.4, 0.5) is 0 Å². The molecule has 1 atom stereocenters. The van der Waals surface area contributed by atoms with Crippen LogP contribution in [0.2, 0.25) is 0 Å². The molecule has 0 radical (unpaired) electrons. The van der Waals surface area contributed by atoms with Gasteiger partial charge in [0.2, 0.25) is 0 Å². The molecule has 4 rings (SSSR count). The van der Waals surface area contributed by atoms with Crippen molar-refractivity contribution < 1.29 is 9.53 Å². The first-order valence-electron chi connectivity index (χ1n) is 7.04. The van der Waals surface area contributed by atoms with E-state index in [1.807, 2.05) is 12.2 Å². The monoisotopic (exact) mass is 274 g/mol. The predicted octanol–water partition coefficient (Wildman–Crippen LogP) is 3.85. The highest BCUT2D eigenvalue weighted by Gasteiger charge is 2.35. The summed E-state index contributed by atoms with van der Waals surface area (Å²) < 4.78 is 5.39. The fourth-order valence-corrected chi connectivity index (χ4v) is 3.31. The molecule has 0 fully saturated rings. The Bertz CT molecular complexity index is 776. The smallest absolute Gasteiger partial charge is 0.335 e. The van der Waals surface area contributed by atoms with Crippen molar-refractivity contribution >= 4 is 5.97 Å². The molecule has 0 bridgehead atoms. The van der Waals surface area contributed by atoms with Crippen LogP contribution in [0.15, 0.2) is 94.9 Å². The minimum atomic E-state index is -0.419. The fourth-order valence-electron chi connectivity index (χ4n) is 3.31. The van der Waals surface area contributed by atoms with Crippen molar-refractivity contribution in [3.63, 3.8) is 0 Å². The maximum Gasteiger partial charge on any atom is 0.335 e. The molecule has 0 aromatic rings. The predicted molar refractivity (Wildman–Crippen MR) is 82.0 cm³/mol. The molecular weight excluding hydrogens is 260 g/mol. The molecule has 4 aliphatic rings.